The maximum Gasteiger partial charge on any atom is 0.0705 e. The van der Waals surface area contributed by atoms with Crippen molar-refractivity contribution in [3.63, 3.8) is 0 Å². The molecule has 0 saturated carbocycles. The summed E-state index contributed by atoms with van der Waals surface area (Å²) < 4.78 is 5.19. The predicted octanol–water partition coefficient (Wildman–Crippen LogP) is 1.23. The van der Waals surface area contributed by atoms with Crippen LogP contribution in [0.4, 0.5) is 0 Å². The molecule has 0 heterocycles. The van der Waals surface area contributed by atoms with Crippen molar-refractivity contribution in [2.24, 2.45) is 17.6 Å². The van der Waals surface area contributed by atoms with Crippen molar-refractivity contribution in [2.45, 2.75) is 33.3 Å². The molecule has 0 aliphatic heterocycles. The molecule has 0 aromatic carbocycles. The molecule has 0 aliphatic rings. The molecule has 14 heavy (non-hydrogen) atoms. The monoisotopic (exact) mass is 202 g/mol. The van der Waals surface area contributed by atoms with Gasteiger partial charge in [-0.3, -0.25) is 0 Å². The minimum absolute atomic E-state index is 0.205. The molecule has 2 atom stereocenters. The Morgan fingerprint density at radius 1 is 1.29 bits per heavy atom. The van der Waals surface area contributed by atoms with E-state index in [9.17, 15) is 0 Å². The lowest BCUT2D eigenvalue weighted by Crippen LogP contribution is -2.30. The van der Waals surface area contributed by atoms with Crippen molar-refractivity contribution in [3.05, 3.63) is 0 Å². The first-order valence-corrected chi connectivity index (χ1v) is 5.55. The molecule has 0 aromatic heterocycles. The fourth-order valence-corrected chi connectivity index (χ4v) is 1.16. The number of nitrogens with two attached hydrogens (primary N) is 1. The number of hydrogen-bond acceptors (Lipinski definition) is 3. The first-order valence-electron chi connectivity index (χ1n) is 5.55. The van der Waals surface area contributed by atoms with Crippen LogP contribution in [0.25, 0.3) is 0 Å². The minimum Gasteiger partial charge on any atom is -0.380 e. The fraction of sp³-hybridized carbons (Fsp3) is 1.00. The van der Waals surface area contributed by atoms with Crippen LogP contribution in [0.1, 0.15) is 27.2 Å². The molecule has 0 fully saturated rings. The summed E-state index contributed by atoms with van der Waals surface area (Å²) in [6.07, 6.45) is 1.20. The van der Waals surface area contributed by atoms with Crippen molar-refractivity contribution >= 4 is 0 Å². The molecule has 0 rings (SSSR count). The summed E-state index contributed by atoms with van der Waals surface area (Å²) >= 11 is 0. The summed E-state index contributed by atoms with van der Waals surface area (Å²) in [5, 5.41) is 3.43. The maximum absolute atomic E-state index is 5.52. The number of ether oxygens (including phenoxy) is 1. The highest BCUT2D eigenvalue weighted by molar-refractivity contribution is 4.63. The Morgan fingerprint density at radius 2 is 1.93 bits per heavy atom. The van der Waals surface area contributed by atoms with E-state index in [1.54, 1.807) is 7.11 Å². The molecule has 0 saturated heterocycles. The lowest BCUT2D eigenvalue weighted by atomic mass is 9.98. The van der Waals surface area contributed by atoms with E-state index in [1.807, 2.05) is 0 Å². The Morgan fingerprint density at radius 3 is 2.36 bits per heavy atom. The third-order valence-corrected chi connectivity index (χ3v) is 2.84. The molecule has 0 aliphatic carbocycles. The van der Waals surface area contributed by atoms with Crippen molar-refractivity contribution in [2.75, 3.05) is 26.7 Å². The lowest BCUT2D eigenvalue weighted by molar-refractivity contribution is 0.102. The van der Waals surface area contributed by atoms with Gasteiger partial charge in [0.2, 0.25) is 0 Å². The van der Waals surface area contributed by atoms with E-state index in [2.05, 4.69) is 26.1 Å². The normalized spacial score (nSPS) is 15.9. The van der Waals surface area contributed by atoms with E-state index >= 15 is 0 Å². The Hall–Kier alpha value is -0.120. The fourth-order valence-electron chi connectivity index (χ4n) is 1.16. The second-order valence-electron chi connectivity index (χ2n) is 4.31. The Labute approximate surface area is 88.4 Å². The van der Waals surface area contributed by atoms with Crippen molar-refractivity contribution in [3.8, 4) is 0 Å². The standard InChI is InChI=1S/C11H26N2O/c1-9(2)10(3)8-13-6-5-11(7-12)14-4/h9-11,13H,5-8,12H2,1-4H3. The number of hydrogen-bond donors (Lipinski definition) is 2. The van der Waals surface area contributed by atoms with Gasteiger partial charge in [0.05, 0.1) is 6.10 Å². The summed E-state index contributed by atoms with van der Waals surface area (Å²) in [7, 11) is 1.72. The van der Waals surface area contributed by atoms with Crippen LogP contribution in [0.2, 0.25) is 0 Å². The third-order valence-electron chi connectivity index (χ3n) is 2.84. The Balaban J connectivity index is 3.36. The highest BCUT2D eigenvalue weighted by atomic mass is 16.5. The minimum atomic E-state index is 0.205. The van der Waals surface area contributed by atoms with Crippen LogP contribution < -0.4 is 11.1 Å². The summed E-state index contributed by atoms with van der Waals surface area (Å²) in [4.78, 5) is 0. The highest BCUT2D eigenvalue weighted by Gasteiger charge is 2.07. The molecule has 0 amide bonds. The van der Waals surface area contributed by atoms with Crippen LogP contribution in [-0.2, 0) is 4.74 Å². The van der Waals surface area contributed by atoms with Crippen LogP contribution >= 0.6 is 0 Å². The molecule has 0 bridgehead atoms. The summed E-state index contributed by atoms with van der Waals surface area (Å²) in [5.41, 5.74) is 5.52. The molecule has 0 radical (unpaired) electrons. The topological polar surface area (TPSA) is 47.3 Å². The van der Waals surface area contributed by atoms with Crippen LogP contribution in [0.15, 0.2) is 0 Å². The van der Waals surface area contributed by atoms with Gasteiger partial charge in [0.25, 0.3) is 0 Å². The quantitative estimate of drug-likeness (QED) is 0.582. The van der Waals surface area contributed by atoms with Crippen molar-refractivity contribution in [1.82, 2.24) is 5.32 Å². The van der Waals surface area contributed by atoms with Gasteiger partial charge in [-0.15, -0.1) is 0 Å². The van der Waals surface area contributed by atoms with Gasteiger partial charge in [-0.05, 0) is 31.3 Å². The average Bonchev–Trinajstić information content (AvgIpc) is 2.17. The molecule has 3 heteroatoms. The van der Waals surface area contributed by atoms with Gasteiger partial charge in [-0.2, -0.15) is 0 Å². The average molecular weight is 202 g/mol. The van der Waals surface area contributed by atoms with Gasteiger partial charge in [0.15, 0.2) is 0 Å². The number of methoxy groups -OCH3 is 1. The lowest BCUT2D eigenvalue weighted by Gasteiger charge is -2.17. The van der Waals surface area contributed by atoms with E-state index < -0.39 is 0 Å². The second kappa shape index (κ2) is 8.21. The summed E-state index contributed by atoms with van der Waals surface area (Å²) in [6, 6.07) is 0. The summed E-state index contributed by atoms with van der Waals surface area (Å²) in [5.74, 6) is 1.48. The third kappa shape index (κ3) is 6.35. The van der Waals surface area contributed by atoms with E-state index in [1.165, 1.54) is 0 Å². The molecule has 3 N–H and O–H groups in total. The zero-order valence-electron chi connectivity index (χ0n) is 10.0. The van der Waals surface area contributed by atoms with Gasteiger partial charge < -0.3 is 15.8 Å². The van der Waals surface area contributed by atoms with Gasteiger partial charge >= 0.3 is 0 Å². The van der Waals surface area contributed by atoms with Crippen LogP contribution in [0.3, 0.4) is 0 Å². The Bertz CT molecular complexity index is 120. The van der Waals surface area contributed by atoms with Gasteiger partial charge in [0, 0.05) is 13.7 Å². The predicted molar refractivity (Wildman–Crippen MR) is 61.3 cm³/mol. The molecule has 3 nitrogen and oxygen atoms in total. The number of nitrogens with one attached hydrogen (secondary N) is 1. The Kier molecular flexibility index (Phi) is 8.14. The van der Waals surface area contributed by atoms with E-state index in [0.717, 1.165) is 31.3 Å². The van der Waals surface area contributed by atoms with E-state index in [0.29, 0.717) is 6.54 Å². The zero-order chi connectivity index (χ0) is 11.0. The molecule has 0 spiro atoms. The first-order chi connectivity index (χ1) is 6.61. The molecular formula is C11H26N2O. The smallest absolute Gasteiger partial charge is 0.0705 e. The van der Waals surface area contributed by atoms with Crippen LogP contribution in [0, 0.1) is 11.8 Å². The SMILES string of the molecule is COC(CN)CCNCC(C)C(C)C. The molecule has 0 aromatic rings. The molecule has 86 valence electrons. The largest absolute Gasteiger partial charge is 0.380 e. The van der Waals surface area contributed by atoms with E-state index in [-0.39, 0.29) is 6.10 Å². The van der Waals surface area contributed by atoms with Crippen molar-refractivity contribution in [1.29, 1.82) is 0 Å². The molecule has 2 unspecified atom stereocenters. The molecular weight excluding hydrogens is 176 g/mol. The summed E-state index contributed by atoms with van der Waals surface area (Å²) in [6.45, 7) is 9.46. The highest BCUT2D eigenvalue weighted by Crippen LogP contribution is 2.07. The van der Waals surface area contributed by atoms with Gasteiger partial charge in [-0.25, -0.2) is 0 Å². The van der Waals surface area contributed by atoms with Gasteiger partial charge in [-0.1, -0.05) is 20.8 Å². The van der Waals surface area contributed by atoms with Gasteiger partial charge in [0.1, 0.15) is 0 Å². The van der Waals surface area contributed by atoms with Crippen molar-refractivity contribution < 1.29 is 4.74 Å². The van der Waals surface area contributed by atoms with E-state index in [4.69, 9.17) is 10.5 Å². The number of rotatable bonds is 8. The zero-order valence-corrected chi connectivity index (χ0v) is 10.0. The van der Waals surface area contributed by atoms with Crippen LogP contribution in [-0.4, -0.2) is 32.8 Å². The van der Waals surface area contributed by atoms with Crippen LogP contribution in [0.5, 0.6) is 0 Å². The first kappa shape index (κ1) is 13.9. The second-order valence-corrected chi connectivity index (χ2v) is 4.31. The maximum atomic E-state index is 5.52.